The molecule has 86 heavy (non-hydrogen) atoms. The Hall–Kier alpha value is -8.76. The normalized spacial score (nSPS) is 12.0. The van der Waals surface area contributed by atoms with E-state index >= 15 is 0 Å². The first-order valence-corrected chi connectivity index (χ1v) is 27.9. The number of primary amides is 2. The van der Waals surface area contributed by atoms with Crippen LogP contribution in [0.2, 0.25) is 0 Å². The van der Waals surface area contributed by atoms with Gasteiger partial charge in [-0.2, -0.15) is 5.90 Å². The summed E-state index contributed by atoms with van der Waals surface area (Å²) in [4.78, 5) is 156. The number of rotatable bonds is 38. The van der Waals surface area contributed by atoms with Crippen molar-refractivity contribution in [1.82, 2.24) is 46.2 Å². The van der Waals surface area contributed by atoms with Gasteiger partial charge in [-0.05, 0) is 72.9 Å². The number of nitrogens with zero attached hydrogens (tertiary/aromatic N) is 1. The number of urea groups is 2. The number of amides is 12. The predicted octanol–water partition coefficient (Wildman–Crippen LogP) is -0.621. The molecule has 12 amide bonds. The number of hydrogen-bond acceptors (Lipinski definition) is 22. The van der Waals surface area contributed by atoms with Crippen LogP contribution < -0.4 is 69.3 Å². The summed E-state index contributed by atoms with van der Waals surface area (Å²) in [6.07, 6.45) is -3.57. The highest BCUT2D eigenvalue weighted by molar-refractivity contribution is 7.96. The molecule has 0 aliphatic carbocycles. The van der Waals surface area contributed by atoms with E-state index in [0.29, 0.717) is 22.5 Å². The number of carbonyl (C=O) groups is 12. The van der Waals surface area contributed by atoms with Crippen LogP contribution in [0.4, 0.5) is 49.7 Å². The second kappa shape index (κ2) is 41.3. The fourth-order valence-electron chi connectivity index (χ4n) is 7.14. The van der Waals surface area contributed by atoms with Crippen LogP contribution in [-0.4, -0.2) is 182 Å². The van der Waals surface area contributed by atoms with Crippen LogP contribution in [0.5, 0.6) is 0 Å². The monoisotopic (exact) mass is 1230 g/mol. The van der Waals surface area contributed by atoms with Crippen LogP contribution in [0, 0.1) is 11.8 Å². The van der Waals surface area contributed by atoms with Crippen LogP contribution in [0.1, 0.15) is 64.5 Å². The fourth-order valence-corrected chi connectivity index (χ4v) is 7.53. The van der Waals surface area contributed by atoms with Gasteiger partial charge in [-0.15, -0.1) is 0 Å². The molecule has 4 atom stereocenters. The maximum atomic E-state index is 13.8. The minimum atomic E-state index is -1.27. The number of hydrogen-bond donors (Lipinski definition) is 13. The number of ether oxygens (including phenoxy) is 6. The largest absolute Gasteiger partial charge is 0.469 e. The Balaban J connectivity index is 2.17. The van der Waals surface area contributed by atoms with Gasteiger partial charge in [-0.1, -0.05) is 52.0 Å². The summed E-state index contributed by atoms with van der Waals surface area (Å²) in [5.74, 6) is -0.121. The Bertz CT molecular complexity index is 2400. The summed E-state index contributed by atoms with van der Waals surface area (Å²) in [5.41, 5.74) is 12.4. The number of anilines is 2. The van der Waals surface area contributed by atoms with Gasteiger partial charge in [0.25, 0.3) is 0 Å². The van der Waals surface area contributed by atoms with Gasteiger partial charge in [0.15, 0.2) is 0 Å². The first-order valence-electron chi connectivity index (χ1n) is 27.0. The second-order valence-corrected chi connectivity index (χ2v) is 19.8. The average Bonchev–Trinajstić information content (AvgIpc) is 3.60. The molecular formula is C50H78B2N14O19S. The van der Waals surface area contributed by atoms with E-state index in [9.17, 15) is 57.5 Å². The molecule has 2 aromatic carbocycles. The molecule has 474 valence electrons. The predicted molar refractivity (Wildman–Crippen MR) is 314 cm³/mol. The summed E-state index contributed by atoms with van der Waals surface area (Å²) in [5, 5.41) is 20.5. The molecule has 36 heteroatoms. The summed E-state index contributed by atoms with van der Waals surface area (Å²) in [6, 6.07) is 6.32. The lowest BCUT2D eigenvalue weighted by atomic mass is 10.0. The van der Waals surface area contributed by atoms with Gasteiger partial charge < -0.3 is 92.2 Å². The molecule has 33 nitrogen and oxygen atoms in total. The smallest absolute Gasteiger partial charge is 0.436 e. The van der Waals surface area contributed by atoms with Crippen molar-refractivity contribution in [2.45, 2.75) is 90.8 Å². The van der Waals surface area contributed by atoms with Crippen molar-refractivity contribution in [3.63, 3.8) is 0 Å². The molecule has 0 aromatic heterocycles. The molecule has 0 bridgehead atoms. The second-order valence-electron chi connectivity index (χ2n) is 19.1. The molecule has 0 heterocycles. The lowest BCUT2D eigenvalue weighted by molar-refractivity contribution is -0.128. The van der Waals surface area contributed by atoms with Crippen LogP contribution in [0.3, 0.4) is 0 Å². The molecule has 2 aromatic rings. The molecule has 0 aliphatic heterocycles. The van der Waals surface area contributed by atoms with Crippen LogP contribution in [0.15, 0.2) is 48.5 Å². The van der Waals surface area contributed by atoms with E-state index in [1.54, 1.807) is 76.2 Å². The average molecular weight is 1230 g/mol. The highest BCUT2D eigenvalue weighted by Crippen LogP contribution is 2.15. The lowest BCUT2D eigenvalue weighted by Gasteiger charge is -2.26. The maximum absolute atomic E-state index is 13.8. The van der Waals surface area contributed by atoms with Crippen molar-refractivity contribution in [3.05, 3.63) is 59.7 Å². The minimum Gasteiger partial charge on any atom is -0.469 e. The van der Waals surface area contributed by atoms with E-state index in [1.807, 2.05) is 0 Å². The van der Waals surface area contributed by atoms with Gasteiger partial charge in [0.1, 0.15) is 57.2 Å². The Kier molecular flexibility index (Phi) is 35.2. The number of alkyl carbamates (subject to hydrolysis) is 2. The molecule has 0 radical (unpaired) electrons. The third-order valence-corrected chi connectivity index (χ3v) is 12.2. The zero-order valence-electron chi connectivity index (χ0n) is 48.7. The Labute approximate surface area is 502 Å². The SMILES string of the molecule is BC(=O)OCc1ccc(NC(=O)[C@H](CCCNC(N)=O)NC(=O)[C@@H](NC(=O)OCCN(CCOC(=O)N[C@H](C(=O)N[C@@H](CCCNC(N)=O)C(=O)Nc2ccc(COC(B)=O)cc2)C(C)C)C(=O)OCCOCCNSNC(=O)ON)C(C)C)cc1. The third-order valence-electron chi connectivity index (χ3n) is 11.5. The van der Waals surface area contributed by atoms with E-state index in [4.69, 9.17) is 45.8 Å². The topological polar surface area (TPSA) is 471 Å². The first-order chi connectivity index (χ1) is 40.9. The van der Waals surface area contributed by atoms with E-state index in [0.717, 1.165) is 17.0 Å². The number of nitrogens with one attached hydrogen (secondary N) is 10. The quantitative estimate of drug-likeness (QED) is 0.0131. The van der Waals surface area contributed by atoms with Crippen LogP contribution in [0.25, 0.3) is 0 Å². The molecular weight excluding hydrogens is 1150 g/mol. The molecule has 0 spiro atoms. The Morgan fingerprint density at radius 1 is 0.523 bits per heavy atom. The first kappa shape index (κ1) is 73.3. The van der Waals surface area contributed by atoms with Gasteiger partial charge in [-0.3, -0.25) is 33.5 Å². The number of nitrogens with two attached hydrogens (primary N) is 3. The molecule has 16 N–H and O–H groups in total. The summed E-state index contributed by atoms with van der Waals surface area (Å²) in [7, 11) is 2.54. The van der Waals surface area contributed by atoms with Gasteiger partial charge in [0.05, 0.1) is 26.3 Å². The van der Waals surface area contributed by atoms with Gasteiger partial charge in [-0.25, -0.2) is 33.5 Å². The van der Waals surface area contributed by atoms with Crippen molar-refractivity contribution >= 4 is 111 Å². The van der Waals surface area contributed by atoms with Gasteiger partial charge in [0.2, 0.25) is 51.1 Å². The number of benzene rings is 2. The van der Waals surface area contributed by atoms with E-state index in [1.165, 1.54) is 15.7 Å². The molecule has 2 rings (SSSR count). The zero-order valence-corrected chi connectivity index (χ0v) is 49.6. The molecule has 0 fully saturated rings. The Morgan fingerprint density at radius 3 is 1.34 bits per heavy atom. The fraction of sp³-hybridized carbons (Fsp3) is 0.520. The highest BCUT2D eigenvalue weighted by atomic mass is 32.2. The molecule has 0 aliphatic rings. The van der Waals surface area contributed by atoms with Crippen molar-refractivity contribution < 1.29 is 90.8 Å². The van der Waals surface area contributed by atoms with Crippen molar-refractivity contribution in [1.29, 1.82) is 0 Å². The van der Waals surface area contributed by atoms with Crippen molar-refractivity contribution in [2.24, 2.45) is 29.2 Å². The zero-order chi connectivity index (χ0) is 64.0. The van der Waals surface area contributed by atoms with Gasteiger partial charge >= 0.3 is 36.4 Å². The molecule has 0 saturated carbocycles. The third kappa shape index (κ3) is 32.3. The van der Waals surface area contributed by atoms with E-state index < -0.39 is 121 Å². The van der Waals surface area contributed by atoms with E-state index in [-0.39, 0.29) is 91.4 Å². The number of carbonyl (C=O) groups excluding carboxylic acids is 12. The maximum Gasteiger partial charge on any atom is 0.436 e. The standard InChI is InChI=1S/C50H78B2N14O19S/c1-29(2)37(41(69)61-35(7-5-17-56-45(53)73)39(67)59-33-13-9-31(10-14-33)27-83-43(51)71)63-47(75)80-23-20-66(50(78)82-26-25-79-22-19-58-86-65-49(77)85-55)21-24-81-48(76)64-38(30(3)4)42(70)62-36(8-6-18-57-46(54)74)40(68)60-34-15-11-32(12-16-34)28-84-44(52)72/h9-16,29-30,35-38,58H,5-8,17-28,51-52,55H2,1-4H3,(H,59,67)(H,60,68)(H,61,69)(H,62,70)(H,63,75)(H,64,76)(H,65,77)(H3,53,56,73)(H3,54,57,74)/t35-,36-,37-,38-/m0/s1. The molecule has 0 saturated heterocycles. The highest BCUT2D eigenvalue weighted by Gasteiger charge is 2.32. The summed E-state index contributed by atoms with van der Waals surface area (Å²) < 4.78 is 36.5. The Morgan fingerprint density at radius 2 is 0.953 bits per heavy atom. The van der Waals surface area contributed by atoms with Crippen LogP contribution >= 0.6 is 12.1 Å². The lowest BCUT2D eigenvalue weighted by Crippen LogP contribution is -2.55. The summed E-state index contributed by atoms with van der Waals surface area (Å²) in [6.45, 7) is 4.98. The minimum absolute atomic E-state index is 0.0128. The van der Waals surface area contributed by atoms with E-state index in [2.05, 4.69) is 56.8 Å². The van der Waals surface area contributed by atoms with Crippen molar-refractivity contribution in [3.8, 4) is 0 Å². The van der Waals surface area contributed by atoms with Gasteiger partial charge in [0, 0.05) is 43.1 Å². The van der Waals surface area contributed by atoms with Crippen LogP contribution in [-0.2, 0) is 65.7 Å². The van der Waals surface area contributed by atoms with Crippen molar-refractivity contribution in [2.75, 3.05) is 76.4 Å². The summed E-state index contributed by atoms with van der Waals surface area (Å²) >= 11 is 0.785. The molecule has 0 unspecified atom stereocenters.